The number of aromatic nitrogens is 2. The van der Waals surface area contributed by atoms with E-state index in [4.69, 9.17) is 22.5 Å². The molecule has 1 aromatic heterocycles. The van der Waals surface area contributed by atoms with E-state index in [1.165, 1.54) is 12.3 Å². The van der Waals surface area contributed by atoms with Crippen LogP contribution in [0, 0.1) is 0 Å². The van der Waals surface area contributed by atoms with Gasteiger partial charge in [0.1, 0.15) is 0 Å². The Morgan fingerprint density at radius 3 is 2.48 bits per heavy atom. The summed E-state index contributed by atoms with van der Waals surface area (Å²) in [6, 6.07) is 11.3. The Bertz CT molecular complexity index is 1130. The van der Waals surface area contributed by atoms with E-state index in [9.17, 15) is 13.2 Å². The average molecular weight is 405 g/mol. The summed E-state index contributed by atoms with van der Waals surface area (Å²) in [5.74, 6) is -1.57. The van der Waals surface area contributed by atoms with Crippen LogP contribution in [0.2, 0.25) is 5.02 Å². The molecular weight excluding hydrogens is 388 g/mol. The van der Waals surface area contributed by atoms with Crippen LogP contribution >= 0.6 is 11.6 Å². The maximum atomic E-state index is 12.2. The van der Waals surface area contributed by atoms with E-state index in [-0.39, 0.29) is 4.90 Å². The molecule has 0 saturated heterocycles. The highest BCUT2D eigenvalue weighted by atomic mass is 35.5. The fraction of sp³-hybridized carbons (Fsp3) is 0.111. The molecule has 0 fully saturated rings. The molecule has 4 N–H and O–H groups in total. The summed E-state index contributed by atoms with van der Waals surface area (Å²) in [5.41, 5.74) is 7.43. The molecule has 1 unspecified atom stereocenters. The molecule has 0 saturated carbocycles. The van der Waals surface area contributed by atoms with Crippen LogP contribution in [0.5, 0.6) is 0 Å². The van der Waals surface area contributed by atoms with E-state index >= 15 is 0 Å². The van der Waals surface area contributed by atoms with E-state index < -0.39 is 21.8 Å². The van der Waals surface area contributed by atoms with Crippen molar-refractivity contribution in [3.8, 4) is 11.1 Å². The van der Waals surface area contributed by atoms with Gasteiger partial charge in [0.15, 0.2) is 0 Å². The Morgan fingerprint density at radius 2 is 1.93 bits per heavy atom. The number of carbonyl (C=O) groups is 1. The molecule has 27 heavy (non-hydrogen) atoms. The van der Waals surface area contributed by atoms with Crippen LogP contribution < -0.4 is 10.9 Å². The predicted molar refractivity (Wildman–Crippen MR) is 103 cm³/mol. The lowest BCUT2D eigenvalue weighted by molar-refractivity contribution is -0.118. The summed E-state index contributed by atoms with van der Waals surface area (Å²) in [4.78, 5) is 12.0. The van der Waals surface area contributed by atoms with Gasteiger partial charge >= 0.3 is 0 Å². The van der Waals surface area contributed by atoms with E-state index in [0.29, 0.717) is 27.3 Å². The Kier molecular flexibility index (Phi) is 5.05. The lowest BCUT2D eigenvalue weighted by atomic mass is 9.89. The van der Waals surface area contributed by atoms with Crippen molar-refractivity contribution in [1.82, 2.24) is 9.78 Å². The summed E-state index contributed by atoms with van der Waals surface area (Å²) < 4.78 is 25.9. The zero-order valence-electron chi connectivity index (χ0n) is 14.3. The van der Waals surface area contributed by atoms with Gasteiger partial charge in [0.25, 0.3) is 0 Å². The zero-order valence-corrected chi connectivity index (χ0v) is 15.9. The molecule has 0 spiro atoms. The smallest absolute Gasteiger partial charge is 0.238 e. The van der Waals surface area contributed by atoms with Gasteiger partial charge in [0.2, 0.25) is 15.9 Å². The number of sulfonamides is 1. The number of nitrogens with zero attached hydrogens (tertiary/aromatic N) is 2. The summed E-state index contributed by atoms with van der Waals surface area (Å²) in [5, 5.41) is 9.83. The number of benzene rings is 2. The van der Waals surface area contributed by atoms with Gasteiger partial charge in [-0.3, -0.25) is 9.48 Å². The van der Waals surface area contributed by atoms with Gasteiger partial charge in [-0.2, -0.15) is 5.10 Å². The van der Waals surface area contributed by atoms with Crippen LogP contribution in [0.1, 0.15) is 17.0 Å². The highest BCUT2D eigenvalue weighted by Gasteiger charge is 2.26. The van der Waals surface area contributed by atoms with Crippen molar-refractivity contribution in [2.45, 2.75) is 10.8 Å². The maximum Gasteiger partial charge on any atom is 0.238 e. The van der Waals surface area contributed by atoms with Crippen LogP contribution in [-0.4, -0.2) is 24.1 Å². The minimum Gasteiger partial charge on any atom is -0.369 e. The van der Waals surface area contributed by atoms with Gasteiger partial charge < -0.3 is 5.73 Å². The van der Waals surface area contributed by atoms with Gasteiger partial charge in [0.05, 0.1) is 17.0 Å². The van der Waals surface area contributed by atoms with Crippen LogP contribution in [-0.2, 0) is 21.9 Å². The number of rotatable bonds is 5. The second-order valence-electron chi connectivity index (χ2n) is 6.06. The maximum absolute atomic E-state index is 12.2. The number of hydrogen-bond donors (Lipinski definition) is 2. The van der Waals surface area contributed by atoms with Crippen molar-refractivity contribution in [2.75, 3.05) is 0 Å². The third-order valence-corrected chi connectivity index (χ3v) is 5.46. The molecule has 3 aromatic rings. The minimum atomic E-state index is -4.07. The standard InChI is InChI=1S/C18H17ClN4O3S/c1-23-10-12(9-22-23)13-7-6-11(8-16(13)27(21,25)26)17(18(20)24)14-4-2-3-5-15(14)19/h2-10,17H,1H3,(H2,20,24)(H2,21,25,26). The fourth-order valence-corrected chi connectivity index (χ4v) is 4.00. The van der Waals surface area contributed by atoms with Gasteiger partial charge in [-0.25, -0.2) is 13.6 Å². The first-order valence-corrected chi connectivity index (χ1v) is 9.80. The van der Waals surface area contributed by atoms with E-state index in [1.54, 1.807) is 54.3 Å². The van der Waals surface area contributed by atoms with Crippen LogP contribution in [0.4, 0.5) is 0 Å². The molecule has 9 heteroatoms. The van der Waals surface area contributed by atoms with Crippen molar-refractivity contribution in [3.63, 3.8) is 0 Å². The molecule has 0 aliphatic heterocycles. The van der Waals surface area contributed by atoms with Crippen LogP contribution in [0.25, 0.3) is 11.1 Å². The molecule has 2 aromatic carbocycles. The molecule has 140 valence electrons. The topological polar surface area (TPSA) is 121 Å². The van der Waals surface area contributed by atoms with Gasteiger partial charge in [0, 0.05) is 29.4 Å². The molecule has 0 aliphatic carbocycles. The molecule has 0 bridgehead atoms. The van der Waals surface area contributed by atoms with Crippen molar-refractivity contribution in [2.24, 2.45) is 17.9 Å². The first kappa shape index (κ1) is 19.1. The Hall–Kier alpha value is -2.68. The molecule has 0 aliphatic rings. The van der Waals surface area contributed by atoms with E-state index in [0.717, 1.165) is 0 Å². The molecular formula is C18H17ClN4O3S. The van der Waals surface area contributed by atoms with Crippen molar-refractivity contribution >= 4 is 27.5 Å². The first-order chi connectivity index (χ1) is 12.7. The van der Waals surface area contributed by atoms with Gasteiger partial charge in [-0.1, -0.05) is 41.9 Å². The second-order valence-corrected chi connectivity index (χ2v) is 8.00. The number of amides is 1. The van der Waals surface area contributed by atoms with Crippen molar-refractivity contribution < 1.29 is 13.2 Å². The van der Waals surface area contributed by atoms with Crippen molar-refractivity contribution in [3.05, 3.63) is 71.0 Å². The fourth-order valence-electron chi connectivity index (χ4n) is 2.96. The highest BCUT2D eigenvalue weighted by Crippen LogP contribution is 2.34. The zero-order chi connectivity index (χ0) is 19.8. The largest absolute Gasteiger partial charge is 0.369 e. The summed E-state index contributed by atoms with van der Waals surface area (Å²) >= 11 is 6.21. The molecule has 1 heterocycles. The lowest BCUT2D eigenvalue weighted by Gasteiger charge is -2.18. The SMILES string of the molecule is Cn1cc(-c2ccc(C(C(N)=O)c3ccccc3Cl)cc2S(N)(=O)=O)cn1. The number of halogens is 1. The third-order valence-electron chi connectivity index (χ3n) is 4.16. The number of hydrogen-bond acceptors (Lipinski definition) is 4. The predicted octanol–water partition coefficient (Wildman–Crippen LogP) is 2.01. The summed E-state index contributed by atoms with van der Waals surface area (Å²) in [7, 11) is -2.35. The molecule has 7 nitrogen and oxygen atoms in total. The summed E-state index contributed by atoms with van der Waals surface area (Å²) in [6.45, 7) is 0. The number of aryl methyl sites for hydroxylation is 1. The third kappa shape index (κ3) is 3.87. The monoisotopic (exact) mass is 404 g/mol. The molecule has 1 amide bonds. The highest BCUT2D eigenvalue weighted by molar-refractivity contribution is 7.89. The first-order valence-electron chi connectivity index (χ1n) is 7.88. The number of nitrogens with two attached hydrogens (primary N) is 2. The van der Waals surface area contributed by atoms with Gasteiger partial charge in [-0.15, -0.1) is 0 Å². The molecule has 0 radical (unpaired) electrons. The molecule has 1 atom stereocenters. The number of primary sulfonamides is 1. The van der Waals surface area contributed by atoms with Crippen molar-refractivity contribution in [1.29, 1.82) is 0 Å². The lowest BCUT2D eigenvalue weighted by Crippen LogP contribution is -2.23. The summed E-state index contributed by atoms with van der Waals surface area (Å²) in [6.07, 6.45) is 3.20. The number of carbonyl (C=O) groups excluding carboxylic acids is 1. The van der Waals surface area contributed by atoms with Gasteiger partial charge in [-0.05, 0) is 23.3 Å². The number of primary amides is 1. The van der Waals surface area contributed by atoms with Crippen LogP contribution in [0.15, 0.2) is 59.8 Å². The van der Waals surface area contributed by atoms with Crippen LogP contribution in [0.3, 0.4) is 0 Å². The molecule has 3 rings (SSSR count). The average Bonchev–Trinajstić information content (AvgIpc) is 3.02. The normalized spacial score (nSPS) is 12.7. The van der Waals surface area contributed by atoms with E-state index in [2.05, 4.69) is 5.10 Å². The Labute approximate surface area is 161 Å². The minimum absolute atomic E-state index is 0.119. The second kappa shape index (κ2) is 7.15. The van der Waals surface area contributed by atoms with E-state index in [1.807, 2.05) is 0 Å². The quantitative estimate of drug-likeness (QED) is 0.675. The Balaban J connectivity index is 2.22. The Morgan fingerprint density at radius 1 is 1.22 bits per heavy atom.